The number of fused-ring (bicyclic) bond motifs is 12. The summed E-state index contributed by atoms with van der Waals surface area (Å²) < 4.78 is 0. The summed E-state index contributed by atoms with van der Waals surface area (Å²) in [5.41, 5.74) is 19.3. The van der Waals surface area contributed by atoms with Crippen LogP contribution in [0.3, 0.4) is 0 Å². The highest BCUT2D eigenvalue weighted by Crippen LogP contribution is 2.50. The number of hydrogen-bond donors (Lipinski definition) is 0. The Morgan fingerprint density at radius 2 is 0.670 bits per heavy atom. The quantitative estimate of drug-likeness (QED) is 0.115. The van der Waals surface area contributed by atoms with Gasteiger partial charge in [0.1, 0.15) is 16.1 Å². The molecule has 0 saturated heterocycles. The van der Waals surface area contributed by atoms with Crippen LogP contribution in [0.15, 0.2) is 267 Å². The van der Waals surface area contributed by atoms with Crippen LogP contribution in [-0.2, 0) is 0 Å². The van der Waals surface area contributed by atoms with Crippen molar-refractivity contribution in [2.75, 3.05) is 0 Å². The second-order valence-electron chi connectivity index (χ2n) is 26.9. The van der Waals surface area contributed by atoms with Gasteiger partial charge in [-0.3, -0.25) is 0 Å². The third-order valence-electron chi connectivity index (χ3n) is 21.6. The van der Waals surface area contributed by atoms with E-state index >= 15 is 0 Å². The summed E-state index contributed by atoms with van der Waals surface area (Å²) in [5, 5.41) is 25.1. The van der Waals surface area contributed by atoms with E-state index in [0.717, 1.165) is 0 Å². The van der Waals surface area contributed by atoms with Gasteiger partial charge in [0.15, 0.2) is 0 Å². The summed E-state index contributed by atoms with van der Waals surface area (Å²) in [6.07, 6.45) is 4.82. The fourth-order valence-corrected chi connectivity index (χ4v) is 23.4. The molecule has 1 saturated carbocycles. The Balaban J connectivity index is 0.664. The Bertz CT molecular complexity index is 5350. The fraction of sp³-hybridized carbons (Fsp3) is 0.116. The van der Waals surface area contributed by atoms with Gasteiger partial charge in [-0.25, -0.2) is 0 Å². The number of rotatable bonds is 6. The van der Waals surface area contributed by atoms with Crippen molar-refractivity contribution >= 4 is 112 Å². The van der Waals surface area contributed by atoms with Crippen LogP contribution in [-0.4, -0.2) is 16.1 Å². The summed E-state index contributed by atoms with van der Waals surface area (Å²) >= 11 is 0. The number of hydrogen-bond acceptors (Lipinski definition) is 0. The van der Waals surface area contributed by atoms with Crippen LogP contribution in [0.4, 0.5) is 0 Å². The van der Waals surface area contributed by atoms with Gasteiger partial charge in [0.25, 0.3) is 0 Å². The first-order chi connectivity index (χ1) is 43.2. The van der Waals surface area contributed by atoms with Crippen LogP contribution in [0.25, 0.3) is 142 Å². The van der Waals surface area contributed by atoms with Crippen molar-refractivity contribution in [2.24, 2.45) is 0 Å². The molecule has 0 unspecified atom stereocenters. The molecule has 2 heteroatoms. The van der Waals surface area contributed by atoms with Gasteiger partial charge in [0.2, 0.25) is 0 Å². The van der Waals surface area contributed by atoms with Gasteiger partial charge in [-0.1, -0.05) is 281 Å². The average molecular weight is 1160 g/mol. The molecule has 0 atom stereocenters. The molecule has 0 radical (unpaired) electrons. The van der Waals surface area contributed by atoms with E-state index in [2.05, 4.69) is 293 Å². The Hall–Kier alpha value is -9.45. The summed E-state index contributed by atoms with van der Waals surface area (Å²) in [6, 6.07) is 103. The minimum absolute atomic E-state index is 0.515. The second kappa shape index (κ2) is 19.5. The highest BCUT2D eigenvalue weighted by molar-refractivity contribution is 7.05. The molecule has 0 nitrogen and oxygen atoms in total. The lowest BCUT2D eigenvalue weighted by atomic mass is 9.73. The van der Waals surface area contributed by atoms with E-state index in [0.29, 0.717) is 11.8 Å². The van der Waals surface area contributed by atoms with E-state index in [1.165, 1.54) is 168 Å². The fourth-order valence-electron chi connectivity index (χ4n) is 17.2. The van der Waals surface area contributed by atoms with Crippen molar-refractivity contribution < 1.29 is 0 Å². The SMILES string of the molecule is C[Si]1(C)c2cc(C3CCC(c4c5ccccc5c(-c5ccc6ccccc6c5)c5ccccc45)CC3)ccc2-c2c1cc1c3c(cccc23)[Si](C)(C)c2cc(-c3ccc(-c4c5ccccc5c(-c5ccc6ccccc6c5)c5ccccc45)cc3)ccc2-1. The zero-order chi connectivity index (χ0) is 58.6. The molecule has 88 heavy (non-hydrogen) atoms. The van der Waals surface area contributed by atoms with Gasteiger partial charge in [-0.15, -0.1) is 0 Å². The molecule has 2 aliphatic heterocycles. The van der Waals surface area contributed by atoms with Crippen molar-refractivity contribution in [3.8, 4) is 66.8 Å². The predicted molar refractivity (Wildman–Crippen MR) is 385 cm³/mol. The Labute approximate surface area is 517 Å². The van der Waals surface area contributed by atoms with Crippen molar-refractivity contribution in [1.82, 2.24) is 0 Å². The molecule has 15 aromatic rings. The highest BCUT2D eigenvalue weighted by Gasteiger charge is 2.43. The van der Waals surface area contributed by atoms with Crippen LogP contribution in [0.1, 0.15) is 48.6 Å². The smallest absolute Gasteiger partial charge is 0.0619 e. The van der Waals surface area contributed by atoms with E-state index in [4.69, 9.17) is 0 Å². The third-order valence-corrected chi connectivity index (χ3v) is 28.6. The Morgan fingerprint density at radius 1 is 0.250 bits per heavy atom. The molecule has 2 heterocycles. The summed E-state index contributed by atoms with van der Waals surface area (Å²) in [7, 11) is -4.29. The molecule has 0 aromatic heterocycles. The van der Waals surface area contributed by atoms with Gasteiger partial charge < -0.3 is 0 Å². The van der Waals surface area contributed by atoms with E-state index in [1.807, 2.05) is 0 Å². The van der Waals surface area contributed by atoms with Crippen LogP contribution in [0.5, 0.6) is 0 Å². The molecule has 15 aromatic carbocycles. The normalized spacial score (nSPS) is 16.4. The van der Waals surface area contributed by atoms with E-state index < -0.39 is 16.1 Å². The standard InChI is InChI=1S/C86H66Si2/c1-87(2)77-31-17-30-75-85-74-47-45-62(56-34-40-58(41-35-56)82-68-24-11-15-28-72(68)84(73-29-16-12-25-69(73)82)64-43-37-54-19-6-8-21-60(54)49-64)51-79(74)88(3,4)80(85)52-76(86(75)77)65-46-44-61(50-78(65)87)55-32-38-57(39-33-55)81-66-22-9-13-26-70(66)83(71-27-14-10-23-67(71)81)63-42-36-53-18-5-7-20-59(53)48-63/h5-33,36-39,42-52,56,58H,34-35,40-41H2,1-4H3. The van der Waals surface area contributed by atoms with E-state index in [-0.39, 0.29) is 0 Å². The van der Waals surface area contributed by atoms with Crippen molar-refractivity contribution in [1.29, 1.82) is 0 Å². The average Bonchev–Trinajstić information content (AvgIpc) is 1.39. The predicted octanol–water partition coefficient (Wildman–Crippen LogP) is 21.5. The first-order valence-electron chi connectivity index (χ1n) is 32.0. The van der Waals surface area contributed by atoms with Crippen molar-refractivity contribution in [2.45, 2.75) is 63.7 Å². The summed E-state index contributed by atoms with van der Waals surface area (Å²) in [5.74, 6) is 1.07. The van der Waals surface area contributed by atoms with Gasteiger partial charge in [-0.2, -0.15) is 0 Å². The van der Waals surface area contributed by atoms with Crippen LogP contribution < -0.4 is 20.7 Å². The molecule has 0 bridgehead atoms. The molecule has 1 aliphatic carbocycles. The molecular formula is C86H66Si2. The van der Waals surface area contributed by atoms with Gasteiger partial charge in [0, 0.05) is 0 Å². The minimum Gasteiger partial charge on any atom is -0.0619 e. The lowest BCUT2D eigenvalue weighted by Gasteiger charge is -2.35. The zero-order valence-corrected chi connectivity index (χ0v) is 52.4. The maximum Gasteiger partial charge on any atom is 0.113 e. The van der Waals surface area contributed by atoms with Gasteiger partial charge >= 0.3 is 0 Å². The molecular weight excluding hydrogens is 1090 g/mol. The molecule has 0 N–H and O–H groups in total. The van der Waals surface area contributed by atoms with Crippen LogP contribution in [0, 0.1) is 0 Å². The van der Waals surface area contributed by atoms with Crippen LogP contribution >= 0.6 is 0 Å². The topological polar surface area (TPSA) is 0 Å². The van der Waals surface area contributed by atoms with Crippen molar-refractivity contribution in [3.63, 3.8) is 0 Å². The second-order valence-corrected chi connectivity index (χ2v) is 35.5. The Kier molecular flexibility index (Phi) is 11.5. The Morgan fingerprint density at radius 3 is 1.24 bits per heavy atom. The molecule has 418 valence electrons. The molecule has 18 rings (SSSR count). The molecule has 3 aliphatic rings. The summed E-state index contributed by atoms with van der Waals surface area (Å²) in [4.78, 5) is 0. The van der Waals surface area contributed by atoms with Crippen molar-refractivity contribution in [3.05, 3.63) is 278 Å². The highest BCUT2D eigenvalue weighted by atomic mass is 28.3. The van der Waals surface area contributed by atoms with E-state index in [9.17, 15) is 0 Å². The van der Waals surface area contributed by atoms with Gasteiger partial charge in [0.05, 0.1) is 0 Å². The molecule has 1 fully saturated rings. The maximum absolute atomic E-state index is 2.71. The van der Waals surface area contributed by atoms with E-state index in [1.54, 1.807) is 31.9 Å². The number of benzene rings is 15. The van der Waals surface area contributed by atoms with Gasteiger partial charge in [-0.05, 0) is 224 Å². The minimum atomic E-state index is -2.17. The lowest BCUT2D eigenvalue weighted by Crippen LogP contribution is -2.56. The third kappa shape index (κ3) is 7.68. The zero-order valence-electron chi connectivity index (χ0n) is 50.4. The monoisotopic (exact) mass is 1150 g/mol. The first-order valence-corrected chi connectivity index (χ1v) is 38.0. The maximum atomic E-state index is 2.71. The lowest BCUT2D eigenvalue weighted by molar-refractivity contribution is 0.399. The molecule has 0 spiro atoms. The molecule has 0 amide bonds. The largest absolute Gasteiger partial charge is 0.113 e. The summed E-state index contributed by atoms with van der Waals surface area (Å²) in [6.45, 7) is 10.5. The van der Waals surface area contributed by atoms with Crippen LogP contribution in [0.2, 0.25) is 26.2 Å². The first kappa shape index (κ1) is 51.7.